The number of nitrogens with zero attached hydrogens (tertiary/aromatic N) is 2. The van der Waals surface area contributed by atoms with Crippen molar-refractivity contribution in [1.82, 2.24) is 4.57 Å². The molecular formula is C27H27IN2O7S. The minimum absolute atomic E-state index is 0.0502. The Morgan fingerprint density at radius 1 is 1.13 bits per heavy atom. The molecule has 200 valence electrons. The highest BCUT2D eigenvalue weighted by atomic mass is 127. The van der Waals surface area contributed by atoms with Crippen LogP contribution in [0.15, 0.2) is 51.4 Å². The zero-order chi connectivity index (χ0) is 27.6. The van der Waals surface area contributed by atoms with Crippen LogP contribution < -0.4 is 29.1 Å². The number of carbonyl (C=O) groups excluding carboxylic acids is 1. The number of benzene rings is 2. The number of phenolic OH excluding ortho intramolecular Hbond substituents is 1. The van der Waals surface area contributed by atoms with Crippen LogP contribution in [0, 0.1) is 3.57 Å². The third-order valence-corrected chi connectivity index (χ3v) is 7.69. The van der Waals surface area contributed by atoms with Gasteiger partial charge in [0.05, 0.1) is 52.8 Å². The van der Waals surface area contributed by atoms with Crippen LogP contribution >= 0.6 is 33.9 Å². The topological polar surface area (TPSA) is 109 Å². The van der Waals surface area contributed by atoms with Crippen molar-refractivity contribution in [2.75, 3.05) is 27.4 Å². The van der Waals surface area contributed by atoms with Gasteiger partial charge in [0.1, 0.15) is 0 Å². The molecule has 0 bridgehead atoms. The first-order valence-electron chi connectivity index (χ1n) is 11.8. The van der Waals surface area contributed by atoms with Crippen molar-refractivity contribution >= 4 is 46.0 Å². The van der Waals surface area contributed by atoms with Crippen molar-refractivity contribution in [3.05, 3.63) is 76.0 Å². The molecule has 1 aliphatic heterocycles. The van der Waals surface area contributed by atoms with Crippen molar-refractivity contribution in [2.24, 2.45) is 4.99 Å². The third kappa shape index (κ3) is 5.17. The Morgan fingerprint density at radius 3 is 2.53 bits per heavy atom. The average molecular weight is 650 g/mol. The monoisotopic (exact) mass is 650 g/mol. The Balaban J connectivity index is 1.96. The Kier molecular flexibility index (Phi) is 8.46. The van der Waals surface area contributed by atoms with Crippen LogP contribution in [0.1, 0.15) is 37.9 Å². The number of thiazole rings is 1. The van der Waals surface area contributed by atoms with Gasteiger partial charge < -0.3 is 24.1 Å². The summed E-state index contributed by atoms with van der Waals surface area (Å²) in [5, 5.41) is 10.3. The van der Waals surface area contributed by atoms with Gasteiger partial charge in [-0.15, -0.1) is 0 Å². The lowest BCUT2D eigenvalue weighted by Gasteiger charge is -2.25. The summed E-state index contributed by atoms with van der Waals surface area (Å²) in [5.41, 5.74) is 1.75. The van der Waals surface area contributed by atoms with E-state index in [-0.39, 0.29) is 23.5 Å². The van der Waals surface area contributed by atoms with Crippen LogP contribution in [0.25, 0.3) is 6.08 Å². The Hall–Kier alpha value is -3.32. The fourth-order valence-corrected chi connectivity index (χ4v) is 5.90. The van der Waals surface area contributed by atoms with Gasteiger partial charge in [-0.1, -0.05) is 17.4 Å². The maximum absolute atomic E-state index is 13.8. The number of carbonyl (C=O) groups is 1. The van der Waals surface area contributed by atoms with E-state index < -0.39 is 12.0 Å². The summed E-state index contributed by atoms with van der Waals surface area (Å²) >= 11 is 3.23. The number of fused-ring (bicyclic) bond motifs is 1. The molecular weight excluding hydrogens is 623 g/mol. The second kappa shape index (κ2) is 11.6. The zero-order valence-electron chi connectivity index (χ0n) is 21.5. The highest BCUT2D eigenvalue weighted by Crippen LogP contribution is 2.36. The Labute approximate surface area is 236 Å². The summed E-state index contributed by atoms with van der Waals surface area (Å²) in [4.78, 5) is 32.0. The molecule has 3 aromatic rings. The molecule has 4 rings (SSSR count). The van der Waals surface area contributed by atoms with Crippen LogP contribution in [0.4, 0.5) is 0 Å². The molecule has 1 aromatic heterocycles. The molecule has 2 aromatic carbocycles. The predicted octanol–water partition coefficient (Wildman–Crippen LogP) is 3.52. The molecule has 1 atom stereocenters. The molecule has 0 amide bonds. The summed E-state index contributed by atoms with van der Waals surface area (Å²) in [6, 6.07) is 7.92. The van der Waals surface area contributed by atoms with Gasteiger partial charge in [-0.2, -0.15) is 0 Å². The van der Waals surface area contributed by atoms with E-state index in [2.05, 4.69) is 4.99 Å². The second-order valence-corrected chi connectivity index (χ2v) is 10.4. The van der Waals surface area contributed by atoms with Crippen LogP contribution in [-0.2, 0) is 9.53 Å². The smallest absolute Gasteiger partial charge is 0.338 e. The second-order valence-electron chi connectivity index (χ2n) is 8.20. The van der Waals surface area contributed by atoms with Crippen molar-refractivity contribution < 1.29 is 28.8 Å². The van der Waals surface area contributed by atoms with Crippen LogP contribution in [0.2, 0.25) is 0 Å². The number of aromatic hydroxyl groups is 1. The van der Waals surface area contributed by atoms with E-state index >= 15 is 0 Å². The third-order valence-electron chi connectivity index (χ3n) is 5.89. The Bertz CT molecular complexity index is 1610. The minimum Gasteiger partial charge on any atom is -0.504 e. The predicted molar refractivity (Wildman–Crippen MR) is 152 cm³/mol. The summed E-state index contributed by atoms with van der Waals surface area (Å²) in [6.45, 7) is 5.85. The number of phenols is 1. The molecule has 0 radical (unpaired) electrons. The molecule has 1 aliphatic rings. The van der Waals surface area contributed by atoms with Gasteiger partial charge in [0.15, 0.2) is 27.8 Å². The maximum Gasteiger partial charge on any atom is 0.338 e. The standard InChI is InChI=1S/C27H27IN2O7S/c1-6-36-20-11-15(10-17(28)24(20)31)12-21-25(32)30-23(16-8-9-18(34-4)19(13-16)35-5)22(26(33)37-7-2)14(3)29-27(30)38-21/h8-13,23,31H,6-7H2,1-5H3/b21-12+/t23-/m1/s1. The maximum atomic E-state index is 13.8. The van der Waals surface area contributed by atoms with E-state index in [4.69, 9.17) is 18.9 Å². The molecule has 0 spiro atoms. The number of allylic oxidation sites excluding steroid dienone is 1. The fourth-order valence-electron chi connectivity index (χ4n) is 4.22. The van der Waals surface area contributed by atoms with Crippen molar-refractivity contribution in [1.29, 1.82) is 0 Å². The van der Waals surface area contributed by atoms with E-state index in [1.165, 1.54) is 30.1 Å². The van der Waals surface area contributed by atoms with Gasteiger partial charge in [-0.25, -0.2) is 9.79 Å². The van der Waals surface area contributed by atoms with E-state index in [1.807, 2.05) is 29.5 Å². The number of rotatable bonds is 8. The summed E-state index contributed by atoms with van der Waals surface area (Å²) in [7, 11) is 3.06. The van der Waals surface area contributed by atoms with Crippen molar-refractivity contribution in [3.63, 3.8) is 0 Å². The highest BCUT2D eigenvalue weighted by Gasteiger charge is 2.34. The number of aromatic nitrogens is 1. The van der Waals surface area contributed by atoms with Crippen LogP contribution in [0.5, 0.6) is 23.0 Å². The summed E-state index contributed by atoms with van der Waals surface area (Å²) in [5.74, 6) is 0.828. The van der Waals surface area contributed by atoms with Gasteiger partial charge in [-0.3, -0.25) is 9.36 Å². The molecule has 0 saturated carbocycles. The zero-order valence-corrected chi connectivity index (χ0v) is 24.5. The van der Waals surface area contributed by atoms with Crippen LogP contribution in [-0.4, -0.2) is 43.1 Å². The summed E-state index contributed by atoms with van der Waals surface area (Å²) < 4.78 is 24.3. The molecule has 2 heterocycles. The van der Waals surface area contributed by atoms with E-state index in [0.29, 0.717) is 53.6 Å². The van der Waals surface area contributed by atoms with Gasteiger partial charge in [0, 0.05) is 0 Å². The normalized spacial score (nSPS) is 15.1. The lowest BCUT2D eigenvalue weighted by Crippen LogP contribution is -2.40. The quantitative estimate of drug-likeness (QED) is 0.294. The van der Waals surface area contributed by atoms with E-state index in [0.717, 1.165) is 0 Å². The number of esters is 1. The number of halogens is 1. The molecule has 0 fully saturated rings. The highest BCUT2D eigenvalue weighted by molar-refractivity contribution is 14.1. The first-order chi connectivity index (χ1) is 18.2. The van der Waals surface area contributed by atoms with E-state index in [9.17, 15) is 14.7 Å². The molecule has 1 N–H and O–H groups in total. The molecule has 0 unspecified atom stereocenters. The number of ether oxygens (including phenoxy) is 4. The van der Waals surface area contributed by atoms with E-state index in [1.54, 1.807) is 50.3 Å². The Morgan fingerprint density at radius 2 is 1.87 bits per heavy atom. The lowest BCUT2D eigenvalue weighted by molar-refractivity contribution is -0.139. The van der Waals surface area contributed by atoms with Gasteiger partial charge in [-0.05, 0) is 84.8 Å². The van der Waals surface area contributed by atoms with Crippen molar-refractivity contribution in [3.8, 4) is 23.0 Å². The SMILES string of the molecule is CCOC(=O)C1=C(C)N=c2s/c(=C/c3cc(I)c(O)c(OCC)c3)c(=O)n2[C@@H]1c1ccc(OC)c(OC)c1. The summed E-state index contributed by atoms with van der Waals surface area (Å²) in [6.07, 6.45) is 1.73. The molecule has 0 aliphatic carbocycles. The lowest BCUT2D eigenvalue weighted by atomic mass is 9.95. The first kappa shape index (κ1) is 27.7. The number of methoxy groups -OCH3 is 2. The molecule has 9 nitrogen and oxygen atoms in total. The first-order valence-corrected chi connectivity index (χ1v) is 13.7. The molecule has 38 heavy (non-hydrogen) atoms. The number of hydrogen-bond donors (Lipinski definition) is 1. The molecule has 11 heteroatoms. The van der Waals surface area contributed by atoms with Gasteiger partial charge in [0.25, 0.3) is 5.56 Å². The minimum atomic E-state index is -0.786. The fraction of sp³-hybridized carbons (Fsp3) is 0.296. The average Bonchev–Trinajstić information content (AvgIpc) is 3.19. The van der Waals surface area contributed by atoms with Crippen molar-refractivity contribution in [2.45, 2.75) is 26.8 Å². The van der Waals surface area contributed by atoms with Gasteiger partial charge in [0.2, 0.25) is 0 Å². The largest absolute Gasteiger partial charge is 0.504 e. The molecule has 0 saturated heterocycles. The van der Waals surface area contributed by atoms with Gasteiger partial charge >= 0.3 is 5.97 Å². The van der Waals surface area contributed by atoms with Crippen LogP contribution in [0.3, 0.4) is 0 Å². The number of hydrogen-bond acceptors (Lipinski definition) is 9.